The minimum Gasteiger partial charge on any atom is -0.462 e. The maximum Gasteiger partial charge on any atom is 0.472 e. The van der Waals surface area contributed by atoms with Gasteiger partial charge in [-0.1, -0.05) is 369 Å². The molecular formula is C79H154O17P2. The molecule has 0 saturated heterocycles. The maximum atomic E-state index is 13.1. The highest BCUT2D eigenvalue weighted by Gasteiger charge is 2.30. The molecule has 0 aliphatic carbocycles. The fourth-order valence-corrected chi connectivity index (χ4v) is 13.8. The van der Waals surface area contributed by atoms with Crippen molar-refractivity contribution in [2.24, 2.45) is 5.92 Å². The molecule has 0 radical (unpaired) electrons. The van der Waals surface area contributed by atoms with E-state index in [-0.39, 0.29) is 25.7 Å². The number of unbranched alkanes of at least 4 members (excludes halogenated alkanes) is 50. The first-order chi connectivity index (χ1) is 47.6. The van der Waals surface area contributed by atoms with Gasteiger partial charge in [0.25, 0.3) is 0 Å². The molecule has 0 spiro atoms. The summed E-state index contributed by atoms with van der Waals surface area (Å²) in [6.07, 6.45) is 62.6. The lowest BCUT2D eigenvalue weighted by Gasteiger charge is -2.21. The number of carbonyl (C=O) groups excluding carboxylic acids is 4. The molecule has 3 unspecified atom stereocenters. The summed E-state index contributed by atoms with van der Waals surface area (Å²) in [7, 11) is -9.91. The molecule has 0 aromatic rings. The lowest BCUT2D eigenvalue weighted by molar-refractivity contribution is -0.161. The van der Waals surface area contributed by atoms with Crippen molar-refractivity contribution in [3.05, 3.63) is 0 Å². The fourth-order valence-electron chi connectivity index (χ4n) is 12.2. The number of carbonyl (C=O) groups is 4. The number of ether oxygens (including phenoxy) is 4. The van der Waals surface area contributed by atoms with Crippen molar-refractivity contribution < 1.29 is 80.2 Å². The summed E-state index contributed by atoms with van der Waals surface area (Å²) in [4.78, 5) is 72.7. The van der Waals surface area contributed by atoms with Crippen LogP contribution in [0.25, 0.3) is 0 Å². The third-order valence-corrected chi connectivity index (χ3v) is 20.8. The Labute approximate surface area is 600 Å². The Bertz CT molecular complexity index is 1880. The van der Waals surface area contributed by atoms with Gasteiger partial charge in [0.1, 0.15) is 19.3 Å². The van der Waals surface area contributed by atoms with E-state index < -0.39 is 97.5 Å². The van der Waals surface area contributed by atoms with Gasteiger partial charge in [-0.2, -0.15) is 0 Å². The lowest BCUT2D eigenvalue weighted by atomic mass is 9.99. The molecular weight excluding hydrogens is 1280 g/mol. The van der Waals surface area contributed by atoms with Gasteiger partial charge in [-0.3, -0.25) is 37.3 Å². The van der Waals surface area contributed by atoms with E-state index in [0.29, 0.717) is 25.7 Å². The SMILES string of the molecule is CCCCCCCCCCCCCCCCCCCCC(=O)OC[C@H](COP(=O)(O)OC[C@@H](O)COP(=O)(O)OC[C@@H](COC(=O)CCCCCCCCCC)OC(=O)CCCCCCCCCCCC)OC(=O)CCCCCCCCCCCCCCCCCCCCC(C)CC. The van der Waals surface area contributed by atoms with E-state index in [1.165, 1.54) is 238 Å². The number of esters is 4. The first-order valence-corrected chi connectivity index (χ1v) is 44.2. The Balaban J connectivity index is 5.15. The highest BCUT2D eigenvalue weighted by molar-refractivity contribution is 7.47. The van der Waals surface area contributed by atoms with Crippen molar-refractivity contribution in [2.45, 2.75) is 438 Å². The number of phosphoric ester groups is 2. The smallest absolute Gasteiger partial charge is 0.462 e. The van der Waals surface area contributed by atoms with Crippen molar-refractivity contribution in [3.63, 3.8) is 0 Å². The van der Waals surface area contributed by atoms with Crippen LogP contribution >= 0.6 is 15.6 Å². The summed E-state index contributed by atoms with van der Waals surface area (Å²) in [5, 5.41) is 10.6. The fraction of sp³-hybridized carbons (Fsp3) is 0.949. The second-order valence-electron chi connectivity index (χ2n) is 28.7. The topological polar surface area (TPSA) is 237 Å². The van der Waals surface area contributed by atoms with Gasteiger partial charge < -0.3 is 33.8 Å². The predicted octanol–water partition coefficient (Wildman–Crippen LogP) is 23.6. The molecule has 19 heteroatoms. The zero-order valence-corrected chi connectivity index (χ0v) is 65.7. The second kappa shape index (κ2) is 72.0. The quantitative estimate of drug-likeness (QED) is 0.0222. The number of hydrogen-bond donors (Lipinski definition) is 3. The van der Waals surface area contributed by atoms with Crippen molar-refractivity contribution >= 4 is 39.5 Å². The molecule has 0 fully saturated rings. The van der Waals surface area contributed by atoms with E-state index in [4.69, 9.17) is 37.0 Å². The van der Waals surface area contributed by atoms with Crippen LogP contribution in [-0.4, -0.2) is 96.7 Å². The summed E-state index contributed by atoms with van der Waals surface area (Å²) < 4.78 is 68.5. The van der Waals surface area contributed by atoms with Gasteiger partial charge in [0, 0.05) is 25.7 Å². The molecule has 0 aliphatic heterocycles. The van der Waals surface area contributed by atoms with Gasteiger partial charge in [0.05, 0.1) is 26.4 Å². The van der Waals surface area contributed by atoms with Gasteiger partial charge in [0.2, 0.25) is 0 Å². The van der Waals surface area contributed by atoms with Crippen LogP contribution in [0.3, 0.4) is 0 Å². The zero-order valence-electron chi connectivity index (χ0n) is 63.9. The molecule has 0 aromatic carbocycles. The molecule has 0 saturated carbocycles. The van der Waals surface area contributed by atoms with E-state index >= 15 is 0 Å². The van der Waals surface area contributed by atoms with Crippen LogP contribution in [0, 0.1) is 5.92 Å². The maximum absolute atomic E-state index is 13.1. The van der Waals surface area contributed by atoms with Gasteiger partial charge in [-0.05, 0) is 31.6 Å². The molecule has 98 heavy (non-hydrogen) atoms. The minimum absolute atomic E-state index is 0.107. The van der Waals surface area contributed by atoms with Crippen molar-refractivity contribution in [3.8, 4) is 0 Å². The minimum atomic E-state index is -4.96. The Morgan fingerprint density at radius 1 is 0.286 bits per heavy atom. The van der Waals surface area contributed by atoms with Crippen LogP contribution in [0.2, 0.25) is 0 Å². The summed E-state index contributed by atoms with van der Waals surface area (Å²) in [5.41, 5.74) is 0. The molecule has 0 amide bonds. The predicted molar refractivity (Wildman–Crippen MR) is 400 cm³/mol. The number of rotatable bonds is 79. The van der Waals surface area contributed by atoms with Gasteiger partial charge in [-0.25, -0.2) is 9.13 Å². The standard InChI is InChI=1S/C79H154O17P2/c1-6-10-13-16-19-22-24-25-26-27-31-34-37-40-44-48-53-58-63-77(82)90-69-75(96-79(84)65-60-55-50-45-41-38-35-32-29-28-30-33-36-39-42-46-51-56-61-72(5)9-4)71-94-98(87,88)92-67-73(80)66-91-97(85,86)93-70-74(68-89-76(81)62-57-52-47-21-18-15-12-8-3)95-78(83)64-59-54-49-43-23-20-17-14-11-7-2/h72-75,80H,6-71H2,1-5H3,(H,85,86)(H,87,88)/t72?,73-,74+,75+/m0/s1. The molecule has 0 bridgehead atoms. The number of phosphoric acid groups is 2. The van der Waals surface area contributed by atoms with E-state index in [2.05, 4.69) is 34.6 Å². The Morgan fingerprint density at radius 2 is 0.490 bits per heavy atom. The van der Waals surface area contributed by atoms with Crippen LogP contribution in [-0.2, 0) is 65.4 Å². The van der Waals surface area contributed by atoms with Crippen LogP contribution in [0.1, 0.15) is 420 Å². The number of aliphatic hydroxyl groups excluding tert-OH is 1. The van der Waals surface area contributed by atoms with E-state index in [9.17, 15) is 43.2 Å². The molecule has 0 aromatic heterocycles. The van der Waals surface area contributed by atoms with Crippen LogP contribution < -0.4 is 0 Å². The Morgan fingerprint density at radius 3 is 0.724 bits per heavy atom. The lowest BCUT2D eigenvalue weighted by Crippen LogP contribution is -2.30. The Hall–Kier alpha value is -1.94. The summed E-state index contributed by atoms with van der Waals surface area (Å²) in [6.45, 7) is 7.34. The molecule has 0 aliphatic rings. The summed E-state index contributed by atoms with van der Waals surface area (Å²) >= 11 is 0. The molecule has 0 heterocycles. The van der Waals surface area contributed by atoms with Crippen LogP contribution in [0.15, 0.2) is 0 Å². The van der Waals surface area contributed by atoms with Crippen molar-refractivity contribution in [1.82, 2.24) is 0 Å². The largest absolute Gasteiger partial charge is 0.472 e. The van der Waals surface area contributed by atoms with Crippen molar-refractivity contribution in [2.75, 3.05) is 39.6 Å². The first kappa shape index (κ1) is 96.1. The molecule has 3 N–H and O–H groups in total. The van der Waals surface area contributed by atoms with E-state index in [0.717, 1.165) is 102 Å². The van der Waals surface area contributed by atoms with E-state index in [1.807, 2.05) is 0 Å². The van der Waals surface area contributed by atoms with Gasteiger partial charge in [-0.15, -0.1) is 0 Å². The van der Waals surface area contributed by atoms with Crippen molar-refractivity contribution in [1.29, 1.82) is 0 Å². The summed E-state index contributed by atoms with van der Waals surface area (Å²) in [6, 6.07) is 0. The van der Waals surface area contributed by atoms with Gasteiger partial charge >= 0.3 is 39.5 Å². The number of aliphatic hydroxyl groups is 1. The molecule has 6 atom stereocenters. The molecule has 0 rings (SSSR count). The van der Waals surface area contributed by atoms with Crippen LogP contribution in [0.4, 0.5) is 0 Å². The van der Waals surface area contributed by atoms with Gasteiger partial charge in [0.15, 0.2) is 12.2 Å². The van der Waals surface area contributed by atoms with Crippen LogP contribution in [0.5, 0.6) is 0 Å². The second-order valence-corrected chi connectivity index (χ2v) is 31.6. The number of hydrogen-bond acceptors (Lipinski definition) is 15. The monoisotopic (exact) mass is 1440 g/mol. The molecule has 17 nitrogen and oxygen atoms in total. The highest BCUT2D eigenvalue weighted by atomic mass is 31.2. The average Bonchev–Trinajstić information content (AvgIpc) is 0.989. The average molecular weight is 1440 g/mol. The normalized spacial score (nSPS) is 14.2. The van der Waals surface area contributed by atoms with E-state index in [1.54, 1.807) is 0 Å². The third kappa shape index (κ3) is 71.1. The third-order valence-electron chi connectivity index (χ3n) is 18.9. The molecule has 582 valence electrons. The highest BCUT2D eigenvalue weighted by Crippen LogP contribution is 2.45. The summed E-state index contributed by atoms with van der Waals surface area (Å²) in [5.74, 6) is -1.24. The first-order valence-electron chi connectivity index (χ1n) is 41.2. The Kier molecular flexibility index (Phi) is 70.6. The zero-order chi connectivity index (χ0) is 71.9.